The van der Waals surface area contributed by atoms with Crippen LogP contribution in [0.15, 0.2) is 41.3 Å². The number of hydrogen-bond acceptors (Lipinski definition) is 4. The summed E-state index contributed by atoms with van der Waals surface area (Å²) < 4.78 is 36.9. The summed E-state index contributed by atoms with van der Waals surface area (Å²) in [5, 5.41) is 0. The van der Waals surface area contributed by atoms with Crippen molar-refractivity contribution < 1.29 is 17.9 Å². The molecule has 1 aromatic carbocycles. The molecule has 0 saturated heterocycles. The first kappa shape index (κ1) is 16.7. The van der Waals surface area contributed by atoms with Crippen molar-refractivity contribution in [2.45, 2.75) is 18.7 Å². The lowest BCUT2D eigenvalue weighted by atomic mass is 10.3. The Bertz CT molecular complexity index is 523. The topological polar surface area (TPSA) is 64.6 Å². The van der Waals surface area contributed by atoms with E-state index in [0.717, 1.165) is 5.57 Å². The molecular weight excluding hydrogens is 278 g/mol. The van der Waals surface area contributed by atoms with E-state index in [0.29, 0.717) is 25.6 Å². The smallest absolute Gasteiger partial charge is 0.240 e. The van der Waals surface area contributed by atoms with E-state index in [-0.39, 0.29) is 11.4 Å². The van der Waals surface area contributed by atoms with Gasteiger partial charge in [0.15, 0.2) is 0 Å². The largest absolute Gasteiger partial charge is 0.494 e. The third-order valence-corrected chi connectivity index (χ3v) is 3.81. The molecule has 0 aliphatic rings. The van der Waals surface area contributed by atoms with Crippen LogP contribution >= 0.6 is 0 Å². The van der Waals surface area contributed by atoms with Gasteiger partial charge in [-0.3, -0.25) is 0 Å². The zero-order valence-corrected chi connectivity index (χ0v) is 12.7. The second-order valence-corrected chi connectivity index (χ2v) is 6.08. The number of hydrogen-bond donors (Lipinski definition) is 1. The lowest BCUT2D eigenvalue weighted by molar-refractivity contribution is 0.162. The number of nitrogens with one attached hydrogen (secondary N) is 1. The molecule has 0 spiro atoms. The van der Waals surface area contributed by atoms with Crippen LogP contribution in [0.1, 0.15) is 13.8 Å². The molecule has 20 heavy (non-hydrogen) atoms. The minimum absolute atomic E-state index is 0.209. The van der Waals surface area contributed by atoms with E-state index in [1.54, 1.807) is 12.1 Å². The molecule has 5 nitrogen and oxygen atoms in total. The molecule has 0 heterocycles. The highest BCUT2D eigenvalue weighted by molar-refractivity contribution is 7.89. The molecule has 0 aliphatic heterocycles. The highest BCUT2D eigenvalue weighted by Crippen LogP contribution is 2.15. The van der Waals surface area contributed by atoms with Gasteiger partial charge in [0, 0.05) is 6.54 Å². The van der Waals surface area contributed by atoms with Crippen LogP contribution in [0.2, 0.25) is 0 Å². The van der Waals surface area contributed by atoms with Crippen molar-refractivity contribution in [1.82, 2.24) is 4.72 Å². The van der Waals surface area contributed by atoms with Gasteiger partial charge in [0.1, 0.15) is 5.75 Å². The van der Waals surface area contributed by atoms with Crippen molar-refractivity contribution >= 4 is 10.0 Å². The highest BCUT2D eigenvalue weighted by atomic mass is 32.2. The Labute approximate surface area is 120 Å². The Morgan fingerprint density at radius 2 is 1.95 bits per heavy atom. The van der Waals surface area contributed by atoms with Crippen molar-refractivity contribution in [2.75, 3.05) is 26.4 Å². The summed E-state index contributed by atoms with van der Waals surface area (Å²) in [5.41, 5.74) is 0.902. The summed E-state index contributed by atoms with van der Waals surface area (Å²) in [4.78, 5) is 0.209. The molecule has 0 atom stereocenters. The predicted molar refractivity (Wildman–Crippen MR) is 78.4 cm³/mol. The Balaban J connectivity index is 2.49. The van der Waals surface area contributed by atoms with Gasteiger partial charge in [-0.05, 0) is 38.1 Å². The molecule has 0 fully saturated rings. The van der Waals surface area contributed by atoms with Gasteiger partial charge in [0.2, 0.25) is 10.0 Å². The maximum Gasteiger partial charge on any atom is 0.240 e. The van der Waals surface area contributed by atoms with Crippen molar-refractivity contribution in [2.24, 2.45) is 0 Å². The highest BCUT2D eigenvalue weighted by Gasteiger charge is 2.13. The van der Waals surface area contributed by atoms with E-state index >= 15 is 0 Å². The quantitative estimate of drug-likeness (QED) is 0.559. The van der Waals surface area contributed by atoms with E-state index in [4.69, 9.17) is 9.47 Å². The molecule has 0 aliphatic carbocycles. The van der Waals surface area contributed by atoms with Gasteiger partial charge >= 0.3 is 0 Å². The lowest BCUT2D eigenvalue weighted by Gasteiger charge is -2.08. The van der Waals surface area contributed by atoms with Crippen LogP contribution in [0.4, 0.5) is 0 Å². The van der Waals surface area contributed by atoms with Gasteiger partial charge in [-0.25, -0.2) is 13.1 Å². The summed E-state index contributed by atoms with van der Waals surface area (Å²) >= 11 is 0. The lowest BCUT2D eigenvalue weighted by Crippen LogP contribution is -2.27. The molecule has 0 aromatic heterocycles. The number of rotatable bonds is 9. The summed E-state index contributed by atoms with van der Waals surface area (Å²) in [5.74, 6) is 0.649. The molecule has 0 amide bonds. The molecule has 1 rings (SSSR count). The molecule has 112 valence electrons. The van der Waals surface area contributed by atoms with Gasteiger partial charge in [0.05, 0.1) is 24.7 Å². The predicted octanol–water partition coefficient (Wildman–Crippen LogP) is 1.96. The molecule has 0 radical (unpaired) electrons. The summed E-state index contributed by atoms with van der Waals surface area (Å²) in [6.45, 7) is 8.94. The fraction of sp³-hybridized carbons (Fsp3) is 0.429. The zero-order valence-electron chi connectivity index (χ0n) is 11.9. The van der Waals surface area contributed by atoms with E-state index < -0.39 is 10.0 Å². The maximum absolute atomic E-state index is 12.0. The number of sulfonamides is 1. The summed E-state index contributed by atoms with van der Waals surface area (Å²) in [6, 6.07) is 6.30. The second-order valence-electron chi connectivity index (χ2n) is 4.31. The van der Waals surface area contributed by atoms with Crippen molar-refractivity contribution in [3.8, 4) is 5.75 Å². The number of ether oxygens (including phenoxy) is 2. The monoisotopic (exact) mass is 299 g/mol. The number of benzene rings is 1. The Hall–Kier alpha value is -1.37. The van der Waals surface area contributed by atoms with E-state index in [9.17, 15) is 8.42 Å². The van der Waals surface area contributed by atoms with Crippen LogP contribution < -0.4 is 9.46 Å². The van der Waals surface area contributed by atoms with Crippen LogP contribution in [0.25, 0.3) is 0 Å². The van der Waals surface area contributed by atoms with Crippen LogP contribution in [0, 0.1) is 0 Å². The Morgan fingerprint density at radius 3 is 2.50 bits per heavy atom. The third-order valence-electron chi connectivity index (χ3n) is 2.33. The maximum atomic E-state index is 12.0. The first-order chi connectivity index (χ1) is 9.45. The normalized spacial score (nSPS) is 11.3. The molecule has 1 aromatic rings. The molecular formula is C14H21NO4S. The van der Waals surface area contributed by atoms with Gasteiger partial charge in [0.25, 0.3) is 0 Å². The molecule has 0 bridgehead atoms. The molecule has 0 unspecified atom stereocenters. The molecule has 1 N–H and O–H groups in total. The SMILES string of the molecule is C=C(C)COCCNS(=O)(=O)c1ccc(OCC)cc1. The molecule has 6 heteroatoms. The first-order valence-electron chi connectivity index (χ1n) is 6.40. The zero-order chi connectivity index (χ0) is 15.0. The fourth-order valence-electron chi connectivity index (χ4n) is 1.46. The summed E-state index contributed by atoms with van der Waals surface area (Å²) in [6.07, 6.45) is 0. The molecule has 0 saturated carbocycles. The van der Waals surface area contributed by atoms with Crippen LogP contribution in [-0.2, 0) is 14.8 Å². The average Bonchev–Trinajstić information content (AvgIpc) is 2.39. The van der Waals surface area contributed by atoms with E-state index in [1.165, 1.54) is 12.1 Å². The van der Waals surface area contributed by atoms with Crippen LogP contribution in [0.3, 0.4) is 0 Å². The second kappa shape index (κ2) is 8.04. The van der Waals surface area contributed by atoms with Gasteiger partial charge < -0.3 is 9.47 Å². The fourth-order valence-corrected chi connectivity index (χ4v) is 2.47. The summed E-state index contributed by atoms with van der Waals surface area (Å²) in [7, 11) is -3.50. The van der Waals surface area contributed by atoms with E-state index in [1.807, 2.05) is 13.8 Å². The van der Waals surface area contributed by atoms with Crippen LogP contribution in [-0.4, -0.2) is 34.8 Å². The van der Waals surface area contributed by atoms with Crippen molar-refractivity contribution in [1.29, 1.82) is 0 Å². The van der Waals surface area contributed by atoms with Crippen LogP contribution in [0.5, 0.6) is 5.75 Å². The van der Waals surface area contributed by atoms with Crippen molar-refractivity contribution in [3.05, 3.63) is 36.4 Å². The van der Waals surface area contributed by atoms with Gasteiger partial charge in [-0.15, -0.1) is 0 Å². The minimum Gasteiger partial charge on any atom is -0.494 e. The van der Waals surface area contributed by atoms with E-state index in [2.05, 4.69) is 11.3 Å². The average molecular weight is 299 g/mol. The minimum atomic E-state index is -3.50. The van der Waals surface area contributed by atoms with Crippen molar-refractivity contribution in [3.63, 3.8) is 0 Å². The standard InChI is InChI=1S/C14H21NO4S/c1-4-19-13-5-7-14(8-6-13)20(16,17)15-9-10-18-11-12(2)3/h5-8,15H,2,4,9-11H2,1,3H3. The Kier molecular flexibility index (Phi) is 6.70. The van der Waals surface area contributed by atoms with Gasteiger partial charge in [-0.2, -0.15) is 0 Å². The van der Waals surface area contributed by atoms with Gasteiger partial charge in [-0.1, -0.05) is 12.2 Å². The third kappa shape index (κ3) is 5.73. The Morgan fingerprint density at radius 1 is 1.30 bits per heavy atom. The first-order valence-corrected chi connectivity index (χ1v) is 7.88.